The summed E-state index contributed by atoms with van der Waals surface area (Å²) in [7, 11) is 1.28. The molecule has 2 fully saturated rings. The van der Waals surface area contributed by atoms with Gasteiger partial charge in [-0.3, -0.25) is 10.1 Å². The molecule has 0 bridgehead atoms. The first kappa shape index (κ1) is 25.3. The van der Waals surface area contributed by atoms with Gasteiger partial charge in [-0.2, -0.15) is 4.79 Å². The zero-order chi connectivity index (χ0) is 25.4. The van der Waals surface area contributed by atoms with Gasteiger partial charge in [-0.1, -0.05) is 25.7 Å². The standard InChI is InChI=1S/C26H36N4O5/c1-25(2,3)30(24(33)34)16-19(22(31)35-4)20-17(11-14-27-21(20)30)15-28-26(12-7-8-13-26)23(32)29-18-9-5-6-10-18/h11,14,16,18,28H,5-10,12-13,15H2,1-4H3,(H-,29,32,33,34)/p+1. The van der Waals surface area contributed by atoms with Crippen LogP contribution in [0.2, 0.25) is 0 Å². The predicted octanol–water partition coefficient (Wildman–Crippen LogP) is 3.85. The van der Waals surface area contributed by atoms with E-state index in [0.717, 1.165) is 56.9 Å². The third-order valence-electron chi connectivity index (χ3n) is 7.91. The fraction of sp³-hybridized carbons (Fsp3) is 0.615. The van der Waals surface area contributed by atoms with Gasteiger partial charge >= 0.3 is 12.1 Å². The van der Waals surface area contributed by atoms with Crippen molar-refractivity contribution in [2.75, 3.05) is 7.11 Å². The number of nitrogens with one attached hydrogen (secondary N) is 2. The summed E-state index contributed by atoms with van der Waals surface area (Å²) < 4.78 is 4.40. The molecule has 2 amide bonds. The van der Waals surface area contributed by atoms with E-state index in [2.05, 4.69) is 15.6 Å². The Hall–Kier alpha value is -2.78. The minimum Gasteiger partial charge on any atom is -0.465 e. The third kappa shape index (κ3) is 4.25. The molecule has 3 N–H and O–H groups in total. The average Bonchev–Trinajstić information content (AvgIpc) is 3.56. The number of nitrogens with zero attached hydrogens (tertiary/aromatic N) is 2. The van der Waals surface area contributed by atoms with Gasteiger partial charge in [0.2, 0.25) is 5.91 Å². The molecule has 1 aromatic heterocycles. The van der Waals surface area contributed by atoms with E-state index in [1.54, 1.807) is 33.0 Å². The Balaban J connectivity index is 1.70. The van der Waals surface area contributed by atoms with Crippen LogP contribution < -0.4 is 15.1 Å². The molecule has 4 rings (SSSR count). The number of pyridine rings is 1. The van der Waals surface area contributed by atoms with E-state index >= 15 is 0 Å². The van der Waals surface area contributed by atoms with Crippen molar-refractivity contribution in [3.05, 3.63) is 29.6 Å². The molecule has 190 valence electrons. The van der Waals surface area contributed by atoms with E-state index in [0.29, 0.717) is 12.1 Å². The highest BCUT2D eigenvalue weighted by Gasteiger charge is 2.57. The Morgan fingerprint density at radius 1 is 1.17 bits per heavy atom. The van der Waals surface area contributed by atoms with Crippen molar-refractivity contribution in [2.24, 2.45) is 0 Å². The van der Waals surface area contributed by atoms with Crippen molar-refractivity contribution in [1.82, 2.24) is 20.1 Å². The Morgan fingerprint density at radius 3 is 2.40 bits per heavy atom. The topological polar surface area (TPSA) is 118 Å². The average molecular weight is 486 g/mol. The van der Waals surface area contributed by atoms with Gasteiger partial charge in [0.05, 0.1) is 18.2 Å². The second-order valence-corrected chi connectivity index (χ2v) is 11.0. The number of methoxy groups -OCH3 is 1. The molecule has 1 atom stereocenters. The predicted molar refractivity (Wildman–Crippen MR) is 132 cm³/mol. The Labute approximate surface area is 206 Å². The number of hydrogen-bond donors (Lipinski definition) is 3. The van der Waals surface area contributed by atoms with Crippen LogP contribution >= 0.6 is 0 Å². The van der Waals surface area contributed by atoms with Gasteiger partial charge in [0, 0.05) is 18.8 Å². The Kier molecular flexibility index (Phi) is 6.76. The maximum absolute atomic E-state index is 13.4. The van der Waals surface area contributed by atoms with Gasteiger partial charge in [0.15, 0.2) is 0 Å². The number of carboxylic acid groups (broad SMARTS) is 1. The number of hydrogen-bond acceptors (Lipinski definition) is 6. The van der Waals surface area contributed by atoms with Crippen LogP contribution in [0.15, 0.2) is 18.5 Å². The van der Waals surface area contributed by atoms with Gasteiger partial charge < -0.3 is 15.2 Å². The molecule has 35 heavy (non-hydrogen) atoms. The summed E-state index contributed by atoms with van der Waals surface area (Å²) in [5, 5.41) is 17.1. The molecule has 2 heterocycles. The lowest BCUT2D eigenvalue weighted by molar-refractivity contribution is -0.133. The number of esters is 1. The highest BCUT2D eigenvalue weighted by molar-refractivity contribution is 6.21. The number of carbonyl (C=O) groups excluding carboxylic acids is 2. The second kappa shape index (κ2) is 9.35. The van der Waals surface area contributed by atoms with E-state index < -0.39 is 27.6 Å². The van der Waals surface area contributed by atoms with Crippen LogP contribution in [0.5, 0.6) is 0 Å². The molecule has 2 aliphatic carbocycles. The zero-order valence-electron chi connectivity index (χ0n) is 21.1. The fourth-order valence-electron chi connectivity index (χ4n) is 5.85. The first-order valence-electron chi connectivity index (χ1n) is 12.5. The van der Waals surface area contributed by atoms with Gasteiger partial charge in [0.25, 0.3) is 5.82 Å². The number of rotatable bonds is 6. The number of aromatic nitrogens is 1. The van der Waals surface area contributed by atoms with Crippen molar-refractivity contribution in [3.63, 3.8) is 0 Å². The van der Waals surface area contributed by atoms with Crippen LogP contribution in [0.25, 0.3) is 5.57 Å². The molecular weight excluding hydrogens is 448 g/mol. The van der Waals surface area contributed by atoms with Crippen molar-refractivity contribution in [2.45, 2.75) is 95.8 Å². The molecule has 2 saturated carbocycles. The molecule has 1 aliphatic heterocycles. The van der Waals surface area contributed by atoms with Gasteiger partial charge in [-0.05, 0) is 58.1 Å². The summed E-state index contributed by atoms with van der Waals surface area (Å²) in [6.45, 7) is 5.71. The Morgan fingerprint density at radius 2 is 1.83 bits per heavy atom. The quantitative estimate of drug-likeness (QED) is 0.414. The number of quaternary nitrogens is 1. The zero-order valence-corrected chi connectivity index (χ0v) is 21.1. The van der Waals surface area contributed by atoms with E-state index in [1.165, 1.54) is 13.3 Å². The number of fused-ring (bicyclic) bond motifs is 1. The molecule has 0 radical (unpaired) electrons. The summed E-state index contributed by atoms with van der Waals surface area (Å²) in [6, 6.07) is 2.02. The number of ether oxygens (including phenoxy) is 1. The van der Waals surface area contributed by atoms with Gasteiger partial charge in [-0.15, -0.1) is 4.48 Å². The second-order valence-electron chi connectivity index (χ2n) is 11.0. The molecule has 1 aromatic rings. The monoisotopic (exact) mass is 485 g/mol. The van der Waals surface area contributed by atoms with Gasteiger partial charge in [0.1, 0.15) is 17.3 Å². The number of amides is 2. The van der Waals surface area contributed by atoms with E-state index in [9.17, 15) is 19.5 Å². The lowest BCUT2D eigenvalue weighted by Gasteiger charge is -2.37. The lowest BCUT2D eigenvalue weighted by atomic mass is 9.94. The van der Waals surface area contributed by atoms with Crippen LogP contribution in [0.4, 0.5) is 10.6 Å². The summed E-state index contributed by atoms with van der Waals surface area (Å²) in [4.78, 5) is 43.2. The Bertz CT molecular complexity index is 1050. The first-order valence-corrected chi connectivity index (χ1v) is 12.5. The molecule has 3 aliphatic rings. The molecule has 9 heteroatoms. The fourth-order valence-corrected chi connectivity index (χ4v) is 5.85. The summed E-state index contributed by atoms with van der Waals surface area (Å²) in [6.07, 6.45) is 9.65. The first-order chi connectivity index (χ1) is 16.6. The van der Waals surface area contributed by atoms with E-state index in [4.69, 9.17) is 4.74 Å². The normalized spacial score (nSPS) is 23.6. The van der Waals surface area contributed by atoms with Crippen LogP contribution in [-0.2, 0) is 20.9 Å². The van der Waals surface area contributed by atoms with Crippen molar-refractivity contribution in [3.8, 4) is 0 Å². The highest BCUT2D eigenvalue weighted by Crippen LogP contribution is 2.46. The van der Waals surface area contributed by atoms with Crippen molar-refractivity contribution < 1.29 is 24.2 Å². The molecular formula is C26H37N4O5+. The largest absolute Gasteiger partial charge is 0.525 e. The molecule has 1 unspecified atom stereocenters. The minimum absolute atomic E-state index is 0.0432. The van der Waals surface area contributed by atoms with Crippen LogP contribution in [0.3, 0.4) is 0 Å². The third-order valence-corrected chi connectivity index (χ3v) is 7.91. The molecule has 0 spiro atoms. The maximum Gasteiger partial charge on any atom is 0.525 e. The van der Waals surface area contributed by atoms with E-state index in [1.807, 2.05) is 0 Å². The molecule has 9 nitrogen and oxygen atoms in total. The van der Waals surface area contributed by atoms with Crippen LogP contribution in [0.1, 0.15) is 83.3 Å². The van der Waals surface area contributed by atoms with Gasteiger partial charge in [-0.25, -0.2) is 9.78 Å². The SMILES string of the molecule is COC(=O)C1=C[N+](C(=O)O)(C(C)(C)C)c2nccc(CNC3(C(=O)NC4CCCC4)CCCC3)c21. The number of carbonyl (C=O) groups is 3. The van der Waals surface area contributed by atoms with Crippen molar-refractivity contribution >= 4 is 29.4 Å². The highest BCUT2D eigenvalue weighted by atomic mass is 16.5. The molecule has 0 saturated heterocycles. The smallest absolute Gasteiger partial charge is 0.465 e. The maximum atomic E-state index is 13.4. The molecule has 0 aromatic carbocycles. The summed E-state index contributed by atoms with van der Waals surface area (Å²) >= 11 is 0. The lowest BCUT2D eigenvalue weighted by Crippen LogP contribution is -2.60. The van der Waals surface area contributed by atoms with Crippen LogP contribution in [-0.4, -0.2) is 52.3 Å². The van der Waals surface area contributed by atoms with E-state index in [-0.39, 0.29) is 23.3 Å². The van der Waals surface area contributed by atoms with Crippen molar-refractivity contribution in [1.29, 1.82) is 0 Å². The summed E-state index contributed by atoms with van der Waals surface area (Å²) in [5.41, 5.74) is -0.121. The van der Waals surface area contributed by atoms with Crippen LogP contribution in [0, 0.1) is 0 Å². The summed E-state index contributed by atoms with van der Waals surface area (Å²) in [5.74, 6) is -0.289. The minimum atomic E-state index is -1.13.